The largest absolute Gasteiger partial charge is 0.573 e. The van der Waals surface area contributed by atoms with Crippen molar-refractivity contribution in [2.75, 3.05) is 13.1 Å². The van der Waals surface area contributed by atoms with Crippen LogP contribution < -0.4 is 15.8 Å². The predicted molar refractivity (Wildman–Crippen MR) is 138 cm³/mol. The van der Waals surface area contributed by atoms with Gasteiger partial charge in [0.05, 0.1) is 21.6 Å². The summed E-state index contributed by atoms with van der Waals surface area (Å²) >= 11 is 1.31. The molecule has 0 unspecified atom stereocenters. The van der Waals surface area contributed by atoms with E-state index in [1.807, 2.05) is 24.3 Å². The molecule has 3 heterocycles. The van der Waals surface area contributed by atoms with Gasteiger partial charge in [-0.3, -0.25) is 14.9 Å². The number of fused-ring (bicyclic) bond motifs is 1. The zero-order valence-electron chi connectivity index (χ0n) is 20.2. The average molecular weight is 558 g/mol. The van der Waals surface area contributed by atoms with E-state index in [0.29, 0.717) is 31.4 Å². The van der Waals surface area contributed by atoms with Crippen LogP contribution in [0.15, 0.2) is 58.9 Å². The molecule has 0 aliphatic carbocycles. The molecule has 2 aromatic heterocycles. The summed E-state index contributed by atoms with van der Waals surface area (Å²) in [6.07, 6.45) is -3.82. The number of nitrogens with two attached hydrogens (primary N) is 1. The molecule has 4 aromatic rings. The molecule has 1 saturated heterocycles. The van der Waals surface area contributed by atoms with E-state index in [1.54, 1.807) is 5.38 Å². The molecule has 0 atom stereocenters. The molecule has 0 bridgehead atoms. The monoisotopic (exact) mass is 557 g/mol. The smallest absolute Gasteiger partial charge is 0.405 e. The summed E-state index contributed by atoms with van der Waals surface area (Å²) in [6.45, 7) is 0.643. The SMILES string of the molecule is NC(=Nc1nc2ccccc2[nH]1)NC(=O)c1csc(C2CCN(C(=O)c3ccccc3OC(F)(F)F)CC2)n1. The standard InChI is InChI=1S/C25H22F3N7O3S/c26-25(27,28)38-19-8-4-1-5-15(19)22(37)35-11-9-14(10-12-35)21-30-18(13-39-21)20(36)33-23(29)34-24-31-16-6-2-3-7-17(16)32-24/h1-8,13-14H,9-12H2,(H4,29,31,32,33,34,36). The molecule has 0 radical (unpaired) electrons. The Balaban J connectivity index is 1.18. The molecule has 0 saturated carbocycles. The van der Waals surface area contributed by atoms with Gasteiger partial charge in [-0.15, -0.1) is 24.5 Å². The maximum absolute atomic E-state index is 12.9. The van der Waals surface area contributed by atoms with Crippen LogP contribution in [0.1, 0.15) is 44.6 Å². The Morgan fingerprint density at radius 1 is 1.10 bits per heavy atom. The number of likely N-dealkylation sites (tertiary alicyclic amines) is 1. The van der Waals surface area contributed by atoms with Crippen molar-refractivity contribution in [3.05, 3.63) is 70.2 Å². The van der Waals surface area contributed by atoms with Crippen LogP contribution in [0.5, 0.6) is 5.75 Å². The van der Waals surface area contributed by atoms with Gasteiger partial charge in [-0.2, -0.15) is 4.99 Å². The van der Waals surface area contributed by atoms with E-state index in [-0.39, 0.29) is 29.1 Å². The number of aromatic nitrogens is 3. The van der Waals surface area contributed by atoms with Crippen molar-refractivity contribution in [1.29, 1.82) is 0 Å². The van der Waals surface area contributed by atoms with E-state index in [0.717, 1.165) is 16.6 Å². The summed E-state index contributed by atoms with van der Waals surface area (Å²) in [4.78, 5) is 42.8. The van der Waals surface area contributed by atoms with Gasteiger partial charge >= 0.3 is 6.36 Å². The maximum atomic E-state index is 12.9. The van der Waals surface area contributed by atoms with E-state index in [4.69, 9.17) is 5.73 Å². The number of benzene rings is 2. The molecule has 1 fully saturated rings. The van der Waals surface area contributed by atoms with Gasteiger partial charge in [-0.05, 0) is 37.1 Å². The van der Waals surface area contributed by atoms with E-state index in [2.05, 4.69) is 30.0 Å². The minimum atomic E-state index is -4.90. The number of nitrogens with one attached hydrogen (secondary N) is 2. The number of guanidine groups is 1. The summed E-state index contributed by atoms with van der Waals surface area (Å²) in [6, 6.07) is 12.6. The van der Waals surface area contributed by atoms with E-state index in [1.165, 1.54) is 34.4 Å². The number of aliphatic imine (C=N–C) groups is 1. The van der Waals surface area contributed by atoms with Crippen molar-refractivity contribution in [2.45, 2.75) is 25.1 Å². The van der Waals surface area contributed by atoms with E-state index < -0.39 is 23.9 Å². The van der Waals surface area contributed by atoms with Gasteiger partial charge in [-0.25, -0.2) is 9.97 Å². The molecule has 14 heteroatoms. The summed E-state index contributed by atoms with van der Waals surface area (Å²) in [5.41, 5.74) is 7.40. The lowest BCUT2D eigenvalue weighted by Gasteiger charge is -2.31. The number of amides is 2. The molecule has 1 aliphatic heterocycles. The number of aromatic amines is 1. The summed E-state index contributed by atoms with van der Waals surface area (Å²) in [5, 5.41) is 4.83. The van der Waals surface area contributed by atoms with Crippen LogP contribution in [-0.2, 0) is 0 Å². The number of H-pyrrole nitrogens is 1. The molecule has 0 spiro atoms. The van der Waals surface area contributed by atoms with Crippen molar-refractivity contribution >= 4 is 46.1 Å². The van der Waals surface area contributed by atoms with E-state index in [9.17, 15) is 22.8 Å². The van der Waals surface area contributed by atoms with Crippen LogP contribution in [0.4, 0.5) is 19.1 Å². The van der Waals surface area contributed by atoms with Crippen LogP contribution in [0.25, 0.3) is 11.0 Å². The Kier molecular flexibility index (Phi) is 7.19. The second kappa shape index (κ2) is 10.7. The average Bonchev–Trinajstić information content (AvgIpc) is 3.55. The van der Waals surface area contributed by atoms with Gasteiger partial charge in [0.15, 0.2) is 0 Å². The van der Waals surface area contributed by atoms with Crippen molar-refractivity contribution in [3.8, 4) is 5.75 Å². The van der Waals surface area contributed by atoms with Gasteiger partial charge in [0.1, 0.15) is 11.4 Å². The lowest BCUT2D eigenvalue weighted by molar-refractivity contribution is -0.274. The molecule has 4 N–H and O–H groups in total. The number of nitrogens with zero attached hydrogens (tertiary/aromatic N) is 4. The fourth-order valence-corrected chi connectivity index (χ4v) is 5.22. The molecular formula is C25H22F3N7O3S. The van der Waals surface area contributed by atoms with Crippen LogP contribution in [0.3, 0.4) is 0 Å². The molecule has 2 amide bonds. The Bertz CT molecular complexity index is 1510. The predicted octanol–water partition coefficient (Wildman–Crippen LogP) is 4.31. The number of ether oxygens (including phenoxy) is 1. The second-order valence-electron chi connectivity index (χ2n) is 8.71. The second-order valence-corrected chi connectivity index (χ2v) is 9.60. The zero-order valence-corrected chi connectivity index (χ0v) is 21.1. The first-order valence-corrected chi connectivity index (χ1v) is 12.7. The molecule has 39 heavy (non-hydrogen) atoms. The van der Waals surface area contributed by atoms with Gasteiger partial charge < -0.3 is 20.4 Å². The van der Waals surface area contributed by atoms with Crippen molar-refractivity contribution in [1.82, 2.24) is 25.2 Å². The van der Waals surface area contributed by atoms with Gasteiger partial charge in [0.2, 0.25) is 11.9 Å². The molecule has 5 rings (SSSR count). The minimum Gasteiger partial charge on any atom is -0.405 e. The first kappa shape index (κ1) is 26.2. The van der Waals surface area contributed by atoms with Crippen LogP contribution in [0, 0.1) is 0 Å². The highest BCUT2D eigenvalue weighted by molar-refractivity contribution is 7.09. The number of para-hydroxylation sites is 3. The van der Waals surface area contributed by atoms with Crippen LogP contribution in [-0.4, -0.2) is 57.1 Å². The zero-order chi connectivity index (χ0) is 27.6. The first-order chi connectivity index (χ1) is 18.7. The van der Waals surface area contributed by atoms with Gasteiger partial charge in [-0.1, -0.05) is 24.3 Å². The highest BCUT2D eigenvalue weighted by Crippen LogP contribution is 2.32. The lowest BCUT2D eigenvalue weighted by atomic mass is 9.97. The highest BCUT2D eigenvalue weighted by atomic mass is 32.1. The summed E-state index contributed by atoms with van der Waals surface area (Å²) in [7, 11) is 0. The number of thiazole rings is 1. The topological polar surface area (TPSA) is 139 Å². The number of imidazole rings is 1. The number of hydrogen-bond acceptors (Lipinski definition) is 7. The molecule has 2 aromatic carbocycles. The molecule has 1 aliphatic rings. The van der Waals surface area contributed by atoms with Crippen molar-refractivity contribution in [2.24, 2.45) is 10.7 Å². The molecule has 10 nitrogen and oxygen atoms in total. The normalized spacial score (nSPS) is 14.9. The number of carbonyl (C=O) groups excluding carboxylic acids is 2. The third kappa shape index (κ3) is 6.17. The van der Waals surface area contributed by atoms with Gasteiger partial charge in [0.25, 0.3) is 11.8 Å². The number of rotatable bonds is 5. The van der Waals surface area contributed by atoms with Crippen LogP contribution in [0.2, 0.25) is 0 Å². The lowest BCUT2D eigenvalue weighted by Crippen LogP contribution is -2.38. The number of piperidine rings is 1. The van der Waals surface area contributed by atoms with E-state index >= 15 is 0 Å². The number of alkyl halides is 3. The maximum Gasteiger partial charge on any atom is 0.573 e. The summed E-state index contributed by atoms with van der Waals surface area (Å²) < 4.78 is 42.2. The van der Waals surface area contributed by atoms with Crippen molar-refractivity contribution in [3.63, 3.8) is 0 Å². The fraction of sp³-hybridized carbons (Fsp3) is 0.240. The fourth-order valence-electron chi connectivity index (χ4n) is 4.25. The van der Waals surface area contributed by atoms with Crippen molar-refractivity contribution < 1.29 is 27.5 Å². The number of hydrogen-bond donors (Lipinski definition) is 3. The highest BCUT2D eigenvalue weighted by Gasteiger charge is 2.34. The number of carbonyl (C=O) groups is 2. The molecular weight excluding hydrogens is 535 g/mol. The first-order valence-electron chi connectivity index (χ1n) is 11.9. The number of halogens is 3. The minimum absolute atomic E-state index is 0.0103. The van der Waals surface area contributed by atoms with Crippen LogP contribution >= 0.6 is 11.3 Å². The Morgan fingerprint density at radius 3 is 2.56 bits per heavy atom. The quantitative estimate of drug-likeness (QED) is 0.247. The van der Waals surface area contributed by atoms with Gasteiger partial charge in [0, 0.05) is 24.4 Å². The Morgan fingerprint density at radius 2 is 1.82 bits per heavy atom. The molecule has 202 valence electrons. The Hall–Kier alpha value is -4.46. The third-order valence-corrected chi connectivity index (χ3v) is 7.08. The summed E-state index contributed by atoms with van der Waals surface area (Å²) in [5.74, 6) is -1.49. The third-order valence-electron chi connectivity index (χ3n) is 6.07. The Labute approximate surface area is 223 Å².